The zero-order valence-electron chi connectivity index (χ0n) is 16.4. The summed E-state index contributed by atoms with van der Waals surface area (Å²) < 4.78 is 0. The number of nitrogens with zero attached hydrogens (tertiary/aromatic N) is 1. The number of likely N-dealkylation sites (tertiary alicyclic amines) is 1. The number of hydrogen-bond donors (Lipinski definition) is 2. The molecule has 2 saturated carbocycles. The zero-order valence-corrected chi connectivity index (χ0v) is 16.4. The van der Waals surface area contributed by atoms with Crippen molar-refractivity contribution in [1.82, 2.24) is 4.90 Å². The van der Waals surface area contributed by atoms with Crippen LogP contribution in [0.1, 0.15) is 96.3 Å². The van der Waals surface area contributed by atoms with E-state index in [4.69, 9.17) is 5.73 Å². The Labute approximate surface area is 155 Å². The summed E-state index contributed by atoms with van der Waals surface area (Å²) in [4.78, 5) is 2.69. The van der Waals surface area contributed by atoms with E-state index in [0.29, 0.717) is 5.92 Å². The van der Waals surface area contributed by atoms with E-state index in [1.54, 1.807) is 0 Å². The van der Waals surface area contributed by atoms with Crippen molar-refractivity contribution in [3.05, 3.63) is 0 Å². The Hall–Kier alpha value is -0.120. The van der Waals surface area contributed by atoms with E-state index >= 15 is 0 Å². The van der Waals surface area contributed by atoms with Gasteiger partial charge in [-0.05, 0) is 31.6 Å². The highest BCUT2D eigenvalue weighted by atomic mass is 16.3. The van der Waals surface area contributed by atoms with Crippen LogP contribution in [-0.4, -0.2) is 41.3 Å². The molecular formula is C22H42N2O. The van der Waals surface area contributed by atoms with E-state index in [1.807, 2.05) is 0 Å². The van der Waals surface area contributed by atoms with Gasteiger partial charge in [0, 0.05) is 37.2 Å². The van der Waals surface area contributed by atoms with Crippen LogP contribution in [-0.2, 0) is 0 Å². The van der Waals surface area contributed by atoms with Gasteiger partial charge in [0.2, 0.25) is 0 Å². The SMILES string of the molecule is NC1(C2CCCCCCCC2)CN(C2CCCCCCC2)CC1CO. The molecule has 2 aliphatic carbocycles. The van der Waals surface area contributed by atoms with E-state index in [9.17, 15) is 5.11 Å². The van der Waals surface area contributed by atoms with Crippen molar-refractivity contribution in [3.8, 4) is 0 Å². The van der Waals surface area contributed by atoms with Crippen molar-refractivity contribution in [1.29, 1.82) is 0 Å². The summed E-state index contributed by atoms with van der Waals surface area (Å²) in [7, 11) is 0. The predicted molar refractivity (Wildman–Crippen MR) is 106 cm³/mol. The van der Waals surface area contributed by atoms with E-state index in [-0.39, 0.29) is 18.1 Å². The standard InChI is InChI=1S/C22H42N2O/c23-22(19-12-8-4-1-2-5-9-13-19)18-24(16-20(22)17-25)21-14-10-6-3-7-11-15-21/h19-21,25H,1-18,23H2. The molecule has 0 aromatic rings. The molecule has 0 spiro atoms. The van der Waals surface area contributed by atoms with Gasteiger partial charge in [-0.15, -0.1) is 0 Å². The number of nitrogens with two attached hydrogens (primary N) is 1. The van der Waals surface area contributed by atoms with Crippen LogP contribution in [0.3, 0.4) is 0 Å². The molecule has 0 aromatic carbocycles. The third kappa shape index (κ3) is 4.99. The van der Waals surface area contributed by atoms with Gasteiger partial charge in [0.15, 0.2) is 0 Å². The van der Waals surface area contributed by atoms with Crippen molar-refractivity contribution in [2.24, 2.45) is 17.6 Å². The minimum Gasteiger partial charge on any atom is -0.396 e. The van der Waals surface area contributed by atoms with Crippen LogP contribution in [0.2, 0.25) is 0 Å². The Balaban J connectivity index is 1.67. The molecule has 0 aromatic heterocycles. The summed E-state index contributed by atoms with van der Waals surface area (Å²) in [6, 6.07) is 0.719. The second-order valence-corrected chi connectivity index (χ2v) is 9.32. The molecule has 0 bridgehead atoms. The molecule has 2 atom stereocenters. The van der Waals surface area contributed by atoms with E-state index < -0.39 is 0 Å². The molecule has 3 N–H and O–H groups in total. The van der Waals surface area contributed by atoms with E-state index in [1.165, 1.54) is 96.3 Å². The molecule has 3 fully saturated rings. The van der Waals surface area contributed by atoms with Crippen LogP contribution in [0.5, 0.6) is 0 Å². The first kappa shape index (κ1) is 19.6. The van der Waals surface area contributed by atoms with Crippen molar-refractivity contribution >= 4 is 0 Å². The van der Waals surface area contributed by atoms with Crippen LogP contribution < -0.4 is 5.73 Å². The number of rotatable bonds is 3. The average molecular weight is 351 g/mol. The highest BCUT2D eigenvalue weighted by Gasteiger charge is 2.49. The predicted octanol–water partition coefficient (Wildman–Crippen LogP) is 4.47. The Morgan fingerprint density at radius 2 is 1.24 bits per heavy atom. The van der Waals surface area contributed by atoms with Crippen molar-refractivity contribution < 1.29 is 5.11 Å². The summed E-state index contributed by atoms with van der Waals surface area (Å²) in [5, 5.41) is 10.1. The molecular weight excluding hydrogens is 308 g/mol. The molecule has 0 radical (unpaired) electrons. The first-order valence-corrected chi connectivity index (χ1v) is 11.4. The summed E-state index contributed by atoms with van der Waals surface area (Å²) in [6.45, 7) is 2.35. The molecule has 0 amide bonds. The van der Waals surface area contributed by atoms with E-state index in [0.717, 1.165) is 19.1 Å². The second kappa shape index (κ2) is 9.71. The third-order valence-corrected chi connectivity index (χ3v) is 7.62. The molecule has 2 unspecified atom stereocenters. The smallest absolute Gasteiger partial charge is 0.0489 e. The largest absolute Gasteiger partial charge is 0.396 e. The van der Waals surface area contributed by atoms with Gasteiger partial charge in [0.05, 0.1) is 0 Å². The maximum Gasteiger partial charge on any atom is 0.0489 e. The highest BCUT2D eigenvalue weighted by molar-refractivity contribution is 5.06. The van der Waals surface area contributed by atoms with Crippen LogP contribution in [0.15, 0.2) is 0 Å². The molecule has 3 aliphatic rings. The Morgan fingerprint density at radius 1 is 0.760 bits per heavy atom. The fourth-order valence-electron chi connectivity index (χ4n) is 5.94. The van der Waals surface area contributed by atoms with Crippen molar-refractivity contribution in [2.45, 2.75) is 108 Å². The summed E-state index contributed by atoms with van der Waals surface area (Å²) in [5.74, 6) is 0.894. The Morgan fingerprint density at radius 3 is 1.76 bits per heavy atom. The Bertz CT molecular complexity index is 370. The molecule has 146 valence electrons. The number of aliphatic hydroxyl groups excluding tert-OH is 1. The fraction of sp³-hybridized carbons (Fsp3) is 1.00. The van der Waals surface area contributed by atoms with Crippen LogP contribution >= 0.6 is 0 Å². The molecule has 3 rings (SSSR count). The minimum absolute atomic E-state index is 0.151. The lowest BCUT2D eigenvalue weighted by Gasteiger charge is -2.39. The normalized spacial score (nSPS) is 35.5. The highest BCUT2D eigenvalue weighted by Crippen LogP contribution is 2.40. The van der Waals surface area contributed by atoms with Gasteiger partial charge in [0.1, 0.15) is 0 Å². The number of hydrogen-bond acceptors (Lipinski definition) is 3. The van der Waals surface area contributed by atoms with Crippen LogP contribution in [0.25, 0.3) is 0 Å². The lowest BCUT2D eigenvalue weighted by Crippen LogP contribution is -2.55. The zero-order chi connectivity index (χ0) is 17.5. The third-order valence-electron chi connectivity index (χ3n) is 7.62. The molecule has 25 heavy (non-hydrogen) atoms. The van der Waals surface area contributed by atoms with Gasteiger partial charge >= 0.3 is 0 Å². The van der Waals surface area contributed by atoms with Crippen LogP contribution in [0.4, 0.5) is 0 Å². The minimum atomic E-state index is -0.151. The molecule has 1 heterocycles. The molecule has 3 nitrogen and oxygen atoms in total. The molecule has 1 aliphatic heterocycles. The molecule has 3 heteroatoms. The monoisotopic (exact) mass is 350 g/mol. The fourth-order valence-corrected chi connectivity index (χ4v) is 5.94. The van der Waals surface area contributed by atoms with Crippen molar-refractivity contribution in [3.63, 3.8) is 0 Å². The van der Waals surface area contributed by atoms with E-state index in [2.05, 4.69) is 4.90 Å². The lowest BCUT2D eigenvalue weighted by molar-refractivity contribution is 0.130. The van der Waals surface area contributed by atoms with Gasteiger partial charge in [-0.2, -0.15) is 0 Å². The summed E-state index contributed by atoms with van der Waals surface area (Å²) in [5.41, 5.74) is 6.97. The van der Waals surface area contributed by atoms with Crippen molar-refractivity contribution in [2.75, 3.05) is 19.7 Å². The van der Waals surface area contributed by atoms with Gasteiger partial charge in [-0.1, -0.05) is 70.6 Å². The quantitative estimate of drug-likeness (QED) is 0.789. The van der Waals surface area contributed by atoms with Gasteiger partial charge in [-0.25, -0.2) is 0 Å². The first-order chi connectivity index (χ1) is 12.2. The average Bonchev–Trinajstić information content (AvgIpc) is 2.98. The lowest BCUT2D eigenvalue weighted by atomic mass is 9.73. The van der Waals surface area contributed by atoms with Crippen LogP contribution in [0, 0.1) is 11.8 Å². The van der Waals surface area contributed by atoms with Gasteiger partial charge in [-0.3, -0.25) is 4.90 Å². The van der Waals surface area contributed by atoms with Gasteiger partial charge in [0.25, 0.3) is 0 Å². The van der Waals surface area contributed by atoms with Gasteiger partial charge < -0.3 is 10.8 Å². The molecule has 1 saturated heterocycles. The first-order valence-electron chi connectivity index (χ1n) is 11.4. The summed E-state index contributed by atoms with van der Waals surface area (Å²) >= 11 is 0. The Kier molecular flexibility index (Phi) is 7.63. The maximum absolute atomic E-state index is 10.1. The topological polar surface area (TPSA) is 49.5 Å². The second-order valence-electron chi connectivity index (χ2n) is 9.32. The summed E-state index contributed by atoms with van der Waals surface area (Å²) in [6.07, 6.45) is 20.5. The maximum atomic E-state index is 10.1. The number of aliphatic hydroxyl groups is 1.